The molecule has 1 atom stereocenters. The van der Waals surface area contributed by atoms with Crippen molar-refractivity contribution in [2.75, 3.05) is 13.7 Å². The van der Waals surface area contributed by atoms with Gasteiger partial charge in [-0.15, -0.1) is 0 Å². The van der Waals surface area contributed by atoms with E-state index in [-0.39, 0.29) is 24.1 Å². The Morgan fingerprint density at radius 1 is 1.28 bits per heavy atom. The number of H-pyrrole nitrogens is 1. The Balaban J connectivity index is 1.58. The van der Waals surface area contributed by atoms with Crippen LogP contribution in [0, 0.1) is 5.82 Å². The lowest BCUT2D eigenvalue weighted by Crippen LogP contribution is -2.39. The predicted octanol–water partition coefficient (Wildman–Crippen LogP) is 3.92. The number of nitrogens with one attached hydrogen (secondary N) is 1. The number of nitrogens with zero attached hydrogens (tertiary/aromatic N) is 3. The Hall–Kier alpha value is -3.22. The smallest absolute Gasteiger partial charge is 0.227 e. The summed E-state index contributed by atoms with van der Waals surface area (Å²) in [6, 6.07) is 8.45. The number of halogens is 1. The Bertz CT molecular complexity index is 989. The molecule has 1 N–H and O–H groups in total. The molecule has 1 saturated heterocycles. The summed E-state index contributed by atoms with van der Waals surface area (Å²) < 4.78 is 19.0. The molecule has 3 aromatic rings. The Kier molecular flexibility index (Phi) is 5.55. The van der Waals surface area contributed by atoms with Gasteiger partial charge in [0.15, 0.2) is 11.6 Å². The first-order valence-electron chi connectivity index (χ1n) is 9.73. The summed E-state index contributed by atoms with van der Waals surface area (Å²) in [5.74, 6) is -0.299. The summed E-state index contributed by atoms with van der Waals surface area (Å²) in [5.41, 5.74) is 3.56. The largest absolute Gasteiger partial charge is 0.494 e. The molecule has 0 radical (unpaired) electrons. The van der Waals surface area contributed by atoms with Crippen LogP contribution < -0.4 is 4.74 Å². The van der Waals surface area contributed by atoms with Gasteiger partial charge in [-0.2, -0.15) is 5.10 Å². The summed E-state index contributed by atoms with van der Waals surface area (Å²) in [5, 5.41) is 7.34. The topological polar surface area (TPSA) is 71.1 Å². The predicted molar refractivity (Wildman–Crippen MR) is 107 cm³/mol. The van der Waals surface area contributed by atoms with E-state index in [9.17, 15) is 9.18 Å². The molecular weight excluding hydrogens is 371 g/mol. The van der Waals surface area contributed by atoms with Crippen molar-refractivity contribution in [3.05, 3.63) is 66.0 Å². The van der Waals surface area contributed by atoms with Crippen LogP contribution in [0.25, 0.3) is 11.1 Å². The van der Waals surface area contributed by atoms with Crippen LogP contribution in [-0.2, 0) is 11.2 Å². The van der Waals surface area contributed by atoms with Crippen molar-refractivity contribution in [2.24, 2.45) is 0 Å². The van der Waals surface area contributed by atoms with Gasteiger partial charge in [-0.3, -0.25) is 14.9 Å². The molecule has 4 rings (SSSR count). The SMILES string of the molecule is COc1ccc(CC(=O)N2CCCC[C@@H]2c2[nH]ncc2-c2ccncc2)cc1F. The minimum Gasteiger partial charge on any atom is -0.494 e. The van der Waals surface area contributed by atoms with E-state index in [4.69, 9.17) is 4.74 Å². The minimum absolute atomic E-state index is 0.0189. The van der Waals surface area contributed by atoms with Crippen LogP contribution in [0.15, 0.2) is 48.9 Å². The number of methoxy groups -OCH3 is 1. The molecule has 0 aliphatic carbocycles. The van der Waals surface area contributed by atoms with Gasteiger partial charge in [0.2, 0.25) is 5.91 Å². The fourth-order valence-corrected chi connectivity index (χ4v) is 3.94. The second-order valence-electron chi connectivity index (χ2n) is 7.18. The lowest BCUT2D eigenvalue weighted by Gasteiger charge is -2.36. The molecule has 29 heavy (non-hydrogen) atoms. The monoisotopic (exact) mass is 394 g/mol. The second-order valence-corrected chi connectivity index (χ2v) is 7.18. The number of amides is 1. The minimum atomic E-state index is -0.457. The van der Waals surface area contributed by atoms with E-state index in [1.165, 1.54) is 13.2 Å². The van der Waals surface area contributed by atoms with Crippen LogP contribution in [0.4, 0.5) is 4.39 Å². The Morgan fingerprint density at radius 3 is 2.86 bits per heavy atom. The summed E-state index contributed by atoms with van der Waals surface area (Å²) >= 11 is 0. The Morgan fingerprint density at radius 2 is 2.10 bits per heavy atom. The van der Waals surface area contributed by atoms with Crippen molar-refractivity contribution in [1.82, 2.24) is 20.1 Å². The van der Waals surface area contributed by atoms with Crippen LogP contribution >= 0.6 is 0 Å². The maximum absolute atomic E-state index is 14.0. The van der Waals surface area contributed by atoms with E-state index in [1.807, 2.05) is 17.0 Å². The first-order chi connectivity index (χ1) is 14.2. The molecule has 0 bridgehead atoms. The van der Waals surface area contributed by atoms with Gasteiger partial charge in [-0.05, 0) is 54.7 Å². The van der Waals surface area contributed by atoms with Crippen molar-refractivity contribution in [1.29, 1.82) is 0 Å². The van der Waals surface area contributed by atoms with Crippen molar-refractivity contribution in [2.45, 2.75) is 31.7 Å². The molecule has 0 unspecified atom stereocenters. The lowest BCUT2D eigenvalue weighted by atomic mass is 9.94. The van der Waals surface area contributed by atoms with E-state index in [1.54, 1.807) is 30.7 Å². The molecule has 150 valence electrons. The Labute approximate surface area is 168 Å². The molecule has 2 aromatic heterocycles. The molecule has 0 spiro atoms. The number of rotatable bonds is 5. The van der Waals surface area contributed by atoms with Crippen LogP contribution in [-0.4, -0.2) is 39.6 Å². The van der Waals surface area contributed by atoms with Crippen LogP contribution in [0.2, 0.25) is 0 Å². The zero-order valence-electron chi connectivity index (χ0n) is 16.3. The molecule has 1 amide bonds. The van der Waals surface area contributed by atoms with Crippen LogP contribution in [0.3, 0.4) is 0 Å². The van der Waals surface area contributed by atoms with E-state index in [2.05, 4.69) is 15.2 Å². The number of ether oxygens (including phenoxy) is 1. The highest BCUT2D eigenvalue weighted by Crippen LogP contribution is 2.36. The molecular formula is C22H23FN4O2. The molecule has 1 aromatic carbocycles. The quantitative estimate of drug-likeness (QED) is 0.712. The van der Waals surface area contributed by atoms with Gasteiger partial charge in [-0.1, -0.05) is 6.07 Å². The summed E-state index contributed by atoms with van der Waals surface area (Å²) in [7, 11) is 1.42. The third kappa shape index (κ3) is 3.99. The number of hydrogen-bond acceptors (Lipinski definition) is 4. The number of aromatic nitrogens is 3. The van der Waals surface area contributed by atoms with E-state index < -0.39 is 5.82 Å². The number of carbonyl (C=O) groups excluding carboxylic acids is 1. The number of pyridine rings is 1. The number of likely N-dealkylation sites (tertiary alicyclic amines) is 1. The molecule has 1 aliphatic rings. The van der Waals surface area contributed by atoms with Crippen LogP contribution in [0.1, 0.15) is 36.6 Å². The van der Waals surface area contributed by atoms with Gasteiger partial charge in [0.1, 0.15) is 0 Å². The van der Waals surface area contributed by atoms with Gasteiger partial charge in [-0.25, -0.2) is 4.39 Å². The van der Waals surface area contributed by atoms with E-state index >= 15 is 0 Å². The third-order valence-corrected chi connectivity index (χ3v) is 5.39. The van der Waals surface area contributed by atoms with Gasteiger partial charge >= 0.3 is 0 Å². The second kappa shape index (κ2) is 8.43. The fraction of sp³-hybridized carbons (Fsp3) is 0.318. The molecule has 1 fully saturated rings. The fourth-order valence-electron chi connectivity index (χ4n) is 3.94. The van der Waals surface area contributed by atoms with Gasteiger partial charge < -0.3 is 9.64 Å². The van der Waals surface area contributed by atoms with Crippen molar-refractivity contribution in [3.63, 3.8) is 0 Å². The molecule has 7 heteroatoms. The highest BCUT2D eigenvalue weighted by molar-refractivity contribution is 5.80. The molecule has 1 aliphatic heterocycles. The number of aromatic amines is 1. The summed E-state index contributed by atoms with van der Waals surface area (Å²) in [6.07, 6.45) is 8.29. The zero-order valence-corrected chi connectivity index (χ0v) is 16.3. The number of piperidine rings is 1. The molecule has 0 saturated carbocycles. The third-order valence-electron chi connectivity index (χ3n) is 5.39. The maximum atomic E-state index is 14.0. The summed E-state index contributed by atoms with van der Waals surface area (Å²) in [4.78, 5) is 19.1. The van der Waals surface area contributed by atoms with Gasteiger partial charge in [0.05, 0.1) is 31.5 Å². The van der Waals surface area contributed by atoms with E-state index in [0.29, 0.717) is 12.1 Å². The molecule has 3 heterocycles. The standard InChI is InChI=1S/C22H23FN4O2/c1-29-20-6-5-15(12-18(20)23)13-21(28)27-11-3-2-4-19(27)22-17(14-25-26-22)16-7-9-24-10-8-16/h5-10,12,14,19H,2-4,11,13H2,1H3,(H,25,26)/t19-/m1/s1. The van der Waals surface area contributed by atoms with Gasteiger partial charge in [0, 0.05) is 24.5 Å². The highest BCUT2D eigenvalue weighted by Gasteiger charge is 2.31. The number of benzene rings is 1. The first-order valence-corrected chi connectivity index (χ1v) is 9.73. The average molecular weight is 394 g/mol. The first kappa shape index (κ1) is 19.1. The van der Waals surface area contributed by atoms with Crippen molar-refractivity contribution in [3.8, 4) is 16.9 Å². The lowest BCUT2D eigenvalue weighted by molar-refractivity contribution is -0.134. The van der Waals surface area contributed by atoms with E-state index in [0.717, 1.165) is 36.1 Å². The number of carbonyl (C=O) groups is 1. The highest BCUT2D eigenvalue weighted by atomic mass is 19.1. The normalized spacial score (nSPS) is 16.6. The zero-order chi connectivity index (χ0) is 20.2. The van der Waals surface area contributed by atoms with Crippen molar-refractivity contribution < 1.29 is 13.9 Å². The average Bonchev–Trinajstić information content (AvgIpc) is 3.24. The van der Waals surface area contributed by atoms with Crippen LogP contribution in [0.5, 0.6) is 5.75 Å². The summed E-state index contributed by atoms with van der Waals surface area (Å²) in [6.45, 7) is 0.678. The molecule has 6 nitrogen and oxygen atoms in total. The van der Waals surface area contributed by atoms with Crippen molar-refractivity contribution >= 4 is 5.91 Å². The maximum Gasteiger partial charge on any atom is 0.227 e. The van der Waals surface area contributed by atoms with Gasteiger partial charge in [0.25, 0.3) is 0 Å². The number of hydrogen-bond donors (Lipinski definition) is 1.